The molecule has 172 valence electrons. The van der Waals surface area contributed by atoms with Crippen molar-refractivity contribution in [1.29, 1.82) is 0 Å². The monoisotopic (exact) mass is 488 g/mol. The fourth-order valence-corrected chi connectivity index (χ4v) is 3.61. The average molecular weight is 489 g/mol. The van der Waals surface area contributed by atoms with E-state index in [0.717, 1.165) is 24.3 Å². The van der Waals surface area contributed by atoms with Crippen molar-refractivity contribution >= 4 is 50.6 Å². The number of nitro benzene ring substituents is 1. The van der Waals surface area contributed by atoms with Crippen LogP contribution in [0, 0.1) is 15.9 Å². The van der Waals surface area contributed by atoms with Crippen LogP contribution in [0.3, 0.4) is 0 Å². The van der Waals surface area contributed by atoms with Gasteiger partial charge in [0, 0.05) is 20.2 Å². The minimum Gasteiger partial charge on any atom is -0.455 e. The number of anilines is 2. The van der Waals surface area contributed by atoms with Crippen molar-refractivity contribution < 1.29 is 32.1 Å². The van der Waals surface area contributed by atoms with E-state index in [1.165, 1.54) is 17.0 Å². The van der Waals surface area contributed by atoms with E-state index >= 15 is 0 Å². The highest BCUT2D eigenvalue weighted by Gasteiger charge is 2.23. The lowest BCUT2D eigenvalue weighted by atomic mass is 10.2. The number of nitrogens with one attached hydrogen (secondary N) is 2. The van der Waals surface area contributed by atoms with Gasteiger partial charge in [0.1, 0.15) is 18.0 Å². The van der Waals surface area contributed by atoms with Crippen molar-refractivity contribution in [3.8, 4) is 0 Å². The van der Waals surface area contributed by atoms with Gasteiger partial charge in [-0.1, -0.05) is 11.6 Å². The summed E-state index contributed by atoms with van der Waals surface area (Å²) in [6.45, 7) is -1.58. The topological polar surface area (TPSA) is 148 Å². The van der Waals surface area contributed by atoms with Crippen LogP contribution in [0.2, 0.25) is 5.02 Å². The maximum absolute atomic E-state index is 13.0. The molecule has 0 saturated carbocycles. The summed E-state index contributed by atoms with van der Waals surface area (Å²) in [4.78, 5) is 35.1. The lowest BCUT2D eigenvalue weighted by Gasteiger charge is -2.14. The molecule has 2 aromatic rings. The van der Waals surface area contributed by atoms with E-state index in [1.54, 1.807) is 14.1 Å². The number of carbonyl (C=O) groups is 2. The van der Waals surface area contributed by atoms with Crippen molar-refractivity contribution in [2.45, 2.75) is 4.90 Å². The summed E-state index contributed by atoms with van der Waals surface area (Å²) in [5.74, 6) is -2.47. The Morgan fingerprint density at radius 3 is 2.50 bits per heavy atom. The quantitative estimate of drug-likeness (QED) is 0.309. The van der Waals surface area contributed by atoms with Gasteiger partial charge in [-0.15, -0.1) is 0 Å². The summed E-state index contributed by atoms with van der Waals surface area (Å²) in [5, 5.41) is 13.5. The molecule has 0 heterocycles. The number of amides is 1. The van der Waals surface area contributed by atoms with Crippen LogP contribution in [-0.4, -0.2) is 52.5 Å². The third-order valence-electron chi connectivity index (χ3n) is 3.91. The Hall–Kier alpha value is -3.29. The lowest BCUT2D eigenvalue weighted by molar-refractivity contribution is -0.384. The van der Waals surface area contributed by atoms with Gasteiger partial charge in [-0.25, -0.2) is 12.8 Å². The van der Waals surface area contributed by atoms with Crippen molar-refractivity contribution in [2.24, 2.45) is 0 Å². The first-order chi connectivity index (χ1) is 14.9. The van der Waals surface area contributed by atoms with Crippen LogP contribution in [-0.2, 0) is 24.3 Å². The summed E-state index contributed by atoms with van der Waals surface area (Å²) >= 11 is 5.77. The van der Waals surface area contributed by atoms with Gasteiger partial charge in [0.15, 0.2) is 6.61 Å². The molecule has 0 aliphatic carbocycles. The molecule has 11 nitrogen and oxygen atoms in total. The minimum atomic E-state index is -4.28. The normalized spacial score (nSPS) is 11.0. The van der Waals surface area contributed by atoms with E-state index < -0.39 is 56.4 Å². The molecule has 2 rings (SSSR count). The third-order valence-corrected chi connectivity index (χ3v) is 5.62. The van der Waals surface area contributed by atoms with Gasteiger partial charge in [-0.2, -0.15) is 4.72 Å². The molecule has 2 aromatic carbocycles. The number of rotatable bonds is 9. The first kappa shape index (κ1) is 25.0. The van der Waals surface area contributed by atoms with Gasteiger partial charge in [0.25, 0.3) is 11.6 Å². The summed E-state index contributed by atoms with van der Waals surface area (Å²) in [5.41, 5.74) is -0.144. The van der Waals surface area contributed by atoms with Gasteiger partial charge in [0.05, 0.1) is 20.5 Å². The molecule has 0 aliphatic rings. The van der Waals surface area contributed by atoms with Gasteiger partial charge in [0.2, 0.25) is 10.0 Å². The molecule has 0 fully saturated rings. The number of esters is 1. The van der Waals surface area contributed by atoms with E-state index in [4.69, 9.17) is 11.6 Å². The first-order valence-electron chi connectivity index (χ1n) is 8.76. The average Bonchev–Trinajstić information content (AvgIpc) is 2.72. The third kappa shape index (κ3) is 6.60. The number of carbonyl (C=O) groups excluding carboxylic acids is 2. The maximum Gasteiger partial charge on any atom is 0.321 e. The van der Waals surface area contributed by atoms with Crippen LogP contribution in [0.25, 0.3) is 0 Å². The number of nitro groups is 1. The molecule has 14 heteroatoms. The zero-order valence-corrected chi connectivity index (χ0v) is 18.4. The van der Waals surface area contributed by atoms with E-state index in [-0.39, 0.29) is 16.4 Å². The van der Waals surface area contributed by atoms with Crippen LogP contribution in [0.4, 0.5) is 21.5 Å². The summed E-state index contributed by atoms with van der Waals surface area (Å²) in [6, 6.07) is 6.53. The maximum atomic E-state index is 13.0. The Morgan fingerprint density at radius 2 is 1.91 bits per heavy atom. The molecule has 0 atom stereocenters. The number of hydrogen-bond donors (Lipinski definition) is 2. The summed E-state index contributed by atoms with van der Waals surface area (Å²) in [7, 11) is -1.16. The van der Waals surface area contributed by atoms with E-state index in [1.807, 2.05) is 4.72 Å². The van der Waals surface area contributed by atoms with Crippen molar-refractivity contribution in [3.05, 3.63) is 57.4 Å². The Bertz CT molecular complexity index is 1160. The van der Waals surface area contributed by atoms with Crippen LogP contribution < -0.4 is 14.9 Å². The summed E-state index contributed by atoms with van der Waals surface area (Å²) in [6.07, 6.45) is 0. The van der Waals surface area contributed by atoms with Crippen molar-refractivity contribution in [1.82, 2.24) is 4.72 Å². The molecule has 2 N–H and O–H groups in total. The number of ether oxygens (including phenoxy) is 1. The number of nitrogens with zero attached hydrogens (tertiary/aromatic N) is 2. The smallest absolute Gasteiger partial charge is 0.321 e. The van der Waals surface area contributed by atoms with E-state index in [2.05, 4.69) is 10.1 Å². The van der Waals surface area contributed by atoms with Crippen LogP contribution in [0.1, 0.15) is 0 Å². The Balaban J connectivity index is 1.95. The molecular formula is C18H18ClFN4O7S. The number of halogens is 2. The highest BCUT2D eigenvalue weighted by atomic mass is 35.5. The van der Waals surface area contributed by atoms with E-state index in [0.29, 0.717) is 0 Å². The van der Waals surface area contributed by atoms with Crippen LogP contribution in [0.5, 0.6) is 0 Å². The zero-order valence-electron chi connectivity index (χ0n) is 16.8. The second kappa shape index (κ2) is 10.3. The largest absolute Gasteiger partial charge is 0.455 e. The first-order valence-corrected chi connectivity index (χ1v) is 10.6. The molecule has 1 amide bonds. The molecule has 0 radical (unpaired) electrons. The second-order valence-corrected chi connectivity index (χ2v) is 8.63. The molecule has 0 saturated heterocycles. The molecule has 0 aliphatic heterocycles. The fraction of sp³-hybridized carbons (Fsp3) is 0.222. The molecule has 0 aromatic heterocycles. The van der Waals surface area contributed by atoms with Crippen molar-refractivity contribution in [2.75, 3.05) is 37.5 Å². The molecule has 32 heavy (non-hydrogen) atoms. The number of sulfonamides is 1. The van der Waals surface area contributed by atoms with Gasteiger partial charge < -0.3 is 15.0 Å². The molecule has 0 spiro atoms. The lowest BCUT2D eigenvalue weighted by Crippen LogP contribution is -2.32. The van der Waals surface area contributed by atoms with E-state index in [9.17, 15) is 32.5 Å². The fourth-order valence-electron chi connectivity index (χ4n) is 2.41. The number of hydrogen-bond acceptors (Lipinski definition) is 8. The summed E-state index contributed by atoms with van der Waals surface area (Å²) < 4.78 is 44.3. The van der Waals surface area contributed by atoms with Crippen molar-refractivity contribution in [3.63, 3.8) is 0 Å². The van der Waals surface area contributed by atoms with Gasteiger partial charge in [-0.3, -0.25) is 19.7 Å². The Morgan fingerprint density at radius 1 is 1.22 bits per heavy atom. The Labute approximate surface area is 187 Å². The Kier molecular flexibility index (Phi) is 8.08. The standard InChI is InChI=1S/C18H18ClFN4O7S/c1-23(2)15-6-4-12(8-16(15)24(27)28)32(29,30)21-9-18(26)31-10-17(25)22-14-5-3-11(20)7-13(14)19/h3-8,21H,9-10H2,1-2H3,(H,22,25). The predicted octanol–water partition coefficient (Wildman–Crippen LogP) is 1.91. The molecule has 0 unspecified atom stereocenters. The van der Waals surface area contributed by atoms with Crippen LogP contribution >= 0.6 is 11.6 Å². The number of benzene rings is 2. The van der Waals surface area contributed by atoms with Gasteiger partial charge in [-0.05, 0) is 30.3 Å². The molecule has 0 bridgehead atoms. The highest BCUT2D eigenvalue weighted by molar-refractivity contribution is 7.89. The SMILES string of the molecule is CN(C)c1ccc(S(=O)(=O)NCC(=O)OCC(=O)Nc2ccc(F)cc2Cl)cc1[N+](=O)[O-]. The molecular weight excluding hydrogens is 471 g/mol. The van der Waals surface area contributed by atoms with Gasteiger partial charge >= 0.3 is 5.97 Å². The predicted molar refractivity (Wildman–Crippen MR) is 114 cm³/mol. The highest BCUT2D eigenvalue weighted by Crippen LogP contribution is 2.29. The zero-order chi connectivity index (χ0) is 24.1. The van der Waals surface area contributed by atoms with Crippen LogP contribution in [0.15, 0.2) is 41.3 Å². The second-order valence-electron chi connectivity index (χ2n) is 6.46. The minimum absolute atomic E-state index is 0.0631.